The minimum absolute atomic E-state index is 0.273. The highest BCUT2D eigenvalue weighted by molar-refractivity contribution is 5.26. The fourth-order valence-electron chi connectivity index (χ4n) is 3.01. The molecule has 0 spiro atoms. The standard InChI is InChI=1S/C14H17N3/c1-2-6-13(7-3-1)14(8-4-5-9-14)10-17-12-15-11-16-17/h1-3,6-7,11-12H,4-5,8-10H2. The van der Waals surface area contributed by atoms with E-state index in [0.29, 0.717) is 0 Å². The third kappa shape index (κ3) is 1.97. The van der Waals surface area contributed by atoms with Crippen molar-refractivity contribution in [1.82, 2.24) is 14.8 Å². The Bertz CT molecular complexity index is 455. The molecule has 0 unspecified atom stereocenters. The zero-order chi connectivity index (χ0) is 11.6. The zero-order valence-corrected chi connectivity index (χ0v) is 9.92. The van der Waals surface area contributed by atoms with Crippen LogP contribution in [0.4, 0.5) is 0 Å². The summed E-state index contributed by atoms with van der Waals surface area (Å²) in [5.41, 5.74) is 1.72. The smallest absolute Gasteiger partial charge is 0.137 e. The van der Waals surface area contributed by atoms with Crippen LogP contribution in [0.25, 0.3) is 0 Å². The molecule has 1 heterocycles. The Balaban J connectivity index is 1.93. The minimum atomic E-state index is 0.273. The SMILES string of the molecule is c1ccc(C2(Cn3cncn3)CCCC2)cc1. The van der Waals surface area contributed by atoms with Crippen LogP contribution in [-0.4, -0.2) is 14.8 Å². The molecule has 2 aromatic rings. The molecule has 17 heavy (non-hydrogen) atoms. The van der Waals surface area contributed by atoms with Gasteiger partial charge in [0.05, 0.1) is 6.54 Å². The van der Waals surface area contributed by atoms with Crippen molar-refractivity contribution in [2.45, 2.75) is 37.6 Å². The molecule has 0 aliphatic heterocycles. The number of hydrogen-bond donors (Lipinski definition) is 0. The minimum Gasteiger partial charge on any atom is -0.252 e. The van der Waals surface area contributed by atoms with Gasteiger partial charge >= 0.3 is 0 Å². The van der Waals surface area contributed by atoms with E-state index in [1.54, 1.807) is 6.33 Å². The fourth-order valence-corrected chi connectivity index (χ4v) is 3.01. The fraction of sp³-hybridized carbons (Fsp3) is 0.429. The number of hydrogen-bond acceptors (Lipinski definition) is 2. The number of nitrogens with zero attached hydrogens (tertiary/aromatic N) is 3. The average molecular weight is 227 g/mol. The maximum absolute atomic E-state index is 4.26. The lowest BCUT2D eigenvalue weighted by Crippen LogP contribution is -2.28. The van der Waals surface area contributed by atoms with Crippen molar-refractivity contribution in [2.75, 3.05) is 0 Å². The third-order valence-corrected chi connectivity index (χ3v) is 3.88. The number of benzene rings is 1. The Kier molecular flexibility index (Phi) is 2.67. The Labute approximate surface area is 101 Å². The summed E-state index contributed by atoms with van der Waals surface area (Å²) in [6.45, 7) is 0.955. The van der Waals surface area contributed by atoms with Gasteiger partial charge in [-0.15, -0.1) is 0 Å². The van der Waals surface area contributed by atoms with Gasteiger partial charge in [-0.2, -0.15) is 5.10 Å². The molecule has 0 atom stereocenters. The third-order valence-electron chi connectivity index (χ3n) is 3.88. The van der Waals surface area contributed by atoms with E-state index in [0.717, 1.165) is 6.54 Å². The summed E-state index contributed by atoms with van der Waals surface area (Å²) in [6.07, 6.45) is 8.61. The first kappa shape index (κ1) is 10.5. The molecule has 88 valence electrons. The lowest BCUT2D eigenvalue weighted by Gasteiger charge is -2.29. The highest BCUT2D eigenvalue weighted by Gasteiger charge is 2.36. The summed E-state index contributed by atoms with van der Waals surface area (Å²) in [5, 5.41) is 4.26. The van der Waals surface area contributed by atoms with E-state index in [-0.39, 0.29) is 5.41 Å². The summed E-state index contributed by atoms with van der Waals surface area (Å²) in [6, 6.07) is 10.9. The van der Waals surface area contributed by atoms with Crippen LogP contribution in [0, 0.1) is 0 Å². The van der Waals surface area contributed by atoms with Gasteiger partial charge < -0.3 is 0 Å². The molecule has 1 aliphatic rings. The predicted octanol–water partition coefficient (Wildman–Crippen LogP) is 2.79. The quantitative estimate of drug-likeness (QED) is 0.807. The van der Waals surface area contributed by atoms with Gasteiger partial charge in [-0.05, 0) is 18.4 Å². The summed E-state index contributed by atoms with van der Waals surface area (Å²) < 4.78 is 1.97. The highest BCUT2D eigenvalue weighted by Crippen LogP contribution is 2.42. The van der Waals surface area contributed by atoms with Crippen LogP contribution in [-0.2, 0) is 12.0 Å². The van der Waals surface area contributed by atoms with Gasteiger partial charge in [-0.3, -0.25) is 4.68 Å². The Morgan fingerprint density at radius 1 is 1.12 bits per heavy atom. The van der Waals surface area contributed by atoms with Gasteiger partial charge in [0.25, 0.3) is 0 Å². The van der Waals surface area contributed by atoms with Gasteiger partial charge in [-0.1, -0.05) is 43.2 Å². The largest absolute Gasteiger partial charge is 0.252 e. The van der Waals surface area contributed by atoms with Crippen molar-refractivity contribution < 1.29 is 0 Å². The van der Waals surface area contributed by atoms with Crippen LogP contribution in [0.3, 0.4) is 0 Å². The molecule has 0 amide bonds. The first-order valence-corrected chi connectivity index (χ1v) is 6.27. The maximum Gasteiger partial charge on any atom is 0.137 e. The van der Waals surface area contributed by atoms with Crippen molar-refractivity contribution in [1.29, 1.82) is 0 Å². The van der Waals surface area contributed by atoms with E-state index < -0.39 is 0 Å². The summed E-state index contributed by atoms with van der Waals surface area (Å²) in [4.78, 5) is 4.04. The molecule has 3 heteroatoms. The number of aromatic nitrogens is 3. The van der Waals surface area contributed by atoms with Crippen LogP contribution in [0.15, 0.2) is 43.0 Å². The molecular formula is C14H17N3. The average Bonchev–Trinajstić information content (AvgIpc) is 3.03. The van der Waals surface area contributed by atoms with Crippen molar-refractivity contribution in [3.63, 3.8) is 0 Å². The zero-order valence-electron chi connectivity index (χ0n) is 9.92. The maximum atomic E-state index is 4.26. The lowest BCUT2D eigenvalue weighted by molar-refractivity contribution is 0.352. The Morgan fingerprint density at radius 2 is 1.88 bits per heavy atom. The van der Waals surface area contributed by atoms with Crippen LogP contribution in [0.2, 0.25) is 0 Å². The molecule has 1 saturated carbocycles. The van der Waals surface area contributed by atoms with E-state index in [2.05, 4.69) is 40.4 Å². The van der Waals surface area contributed by atoms with Crippen LogP contribution < -0.4 is 0 Å². The van der Waals surface area contributed by atoms with Gasteiger partial charge in [-0.25, -0.2) is 4.98 Å². The van der Waals surface area contributed by atoms with E-state index in [4.69, 9.17) is 0 Å². The van der Waals surface area contributed by atoms with E-state index in [1.807, 2.05) is 11.0 Å². The molecule has 1 aliphatic carbocycles. The van der Waals surface area contributed by atoms with E-state index in [1.165, 1.54) is 31.2 Å². The van der Waals surface area contributed by atoms with Crippen molar-refractivity contribution >= 4 is 0 Å². The summed E-state index contributed by atoms with van der Waals surface area (Å²) >= 11 is 0. The summed E-state index contributed by atoms with van der Waals surface area (Å²) in [7, 11) is 0. The van der Waals surface area contributed by atoms with Gasteiger partial charge in [0, 0.05) is 5.41 Å². The molecule has 0 N–H and O–H groups in total. The molecule has 1 fully saturated rings. The second-order valence-corrected chi connectivity index (χ2v) is 4.95. The van der Waals surface area contributed by atoms with E-state index in [9.17, 15) is 0 Å². The van der Waals surface area contributed by atoms with Gasteiger partial charge in [0.1, 0.15) is 12.7 Å². The lowest BCUT2D eigenvalue weighted by atomic mass is 9.79. The molecule has 0 saturated heterocycles. The highest BCUT2D eigenvalue weighted by atomic mass is 15.3. The normalized spacial score (nSPS) is 18.4. The van der Waals surface area contributed by atoms with E-state index >= 15 is 0 Å². The first-order chi connectivity index (χ1) is 8.39. The molecule has 1 aromatic carbocycles. The van der Waals surface area contributed by atoms with Crippen molar-refractivity contribution in [3.05, 3.63) is 48.5 Å². The van der Waals surface area contributed by atoms with Gasteiger partial charge in [0.2, 0.25) is 0 Å². The Hall–Kier alpha value is -1.64. The number of rotatable bonds is 3. The van der Waals surface area contributed by atoms with Crippen molar-refractivity contribution in [3.8, 4) is 0 Å². The monoisotopic (exact) mass is 227 g/mol. The first-order valence-electron chi connectivity index (χ1n) is 6.27. The molecular weight excluding hydrogens is 210 g/mol. The van der Waals surface area contributed by atoms with Crippen LogP contribution >= 0.6 is 0 Å². The molecule has 0 bridgehead atoms. The van der Waals surface area contributed by atoms with Gasteiger partial charge in [0.15, 0.2) is 0 Å². The summed E-state index contributed by atoms with van der Waals surface area (Å²) in [5.74, 6) is 0. The Morgan fingerprint density at radius 3 is 2.53 bits per heavy atom. The molecule has 1 aromatic heterocycles. The van der Waals surface area contributed by atoms with Crippen molar-refractivity contribution in [2.24, 2.45) is 0 Å². The van der Waals surface area contributed by atoms with Crippen LogP contribution in [0.1, 0.15) is 31.2 Å². The second-order valence-electron chi connectivity index (χ2n) is 4.95. The second kappa shape index (κ2) is 4.32. The molecule has 3 nitrogen and oxygen atoms in total. The predicted molar refractivity (Wildman–Crippen MR) is 66.6 cm³/mol. The van der Waals surface area contributed by atoms with Crippen LogP contribution in [0.5, 0.6) is 0 Å². The molecule has 0 radical (unpaired) electrons. The topological polar surface area (TPSA) is 30.7 Å². The molecule has 3 rings (SSSR count).